The van der Waals surface area contributed by atoms with Gasteiger partial charge in [-0.3, -0.25) is 4.79 Å². The third-order valence-electron chi connectivity index (χ3n) is 3.27. The van der Waals surface area contributed by atoms with E-state index >= 15 is 0 Å². The van der Waals surface area contributed by atoms with E-state index in [2.05, 4.69) is 0 Å². The van der Waals surface area contributed by atoms with Crippen LogP contribution < -0.4 is 0 Å². The molecule has 3 heteroatoms. The molecule has 94 valence electrons. The van der Waals surface area contributed by atoms with Crippen LogP contribution >= 0.6 is 0 Å². The average molecular weight is 227 g/mol. The SMILES string of the molecule is CC(O)CC1CCCCCN1C(=O)C(C)C. The number of aliphatic hydroxyl groups is 1. The number of hydrogen-bond donors (Lipinski definition) is 1. The van der Waals surface area contributed by atoms with Gasteiger partial charge in [-0.1, -0.05) is 26.7 Å². The van der Waals surface area contributed by atoms with Crippen molar-refractivity contribution in [2.24, 2.45) is 5.92 Å². The third-order valence-corrected chi connectivity index (χ3v) is 3.27. The molecule has 0 spiro atoms. The number of rotatable bonds is 3. The lowest BCUT2D eigenvalue weighted by atomic mass is 10.0. The number of aliphatic hydroxyl groups excluding tert-OH is 1. The van der Waals surface area contributed by atoms with Crippen molar-refractivity contribution in [1.29, 1.82) is 0 Å². The molecule has 16 heavy (non-hydrogen) atoms. The lowest BCUT2D eigenvalue weighted by Gasteiger charge is -2.32. The van der Waals surface area contributed by atoms with E-state index in [-0.39, 0.29) is 24.0 Å². The quantitative estimate of drug-likeness (QED) is 0.803. The van der Waals surface area contributed by atoms with Crippen molar-refractivity contribution in [2.75, 3.05) is 6.54 Å². The number of nitrogens with zero attached hydrogens (tertiary/aromatic N) is 1. The van der Waals surface area contributed by atoms with E-state index in [0.717, 1.165) is 25.8 Å². The highest BCUT2D eigenvalue weighted by Crippen LogP contribution is 2.22. The van der Waals surface area contributed by atoms with Crippen LogP contribution in [0.2, 0.25) is 0 Å². The number of carbonyl (C=O) groups excluding carboxylic acids is 1. The maximum absolute atomic E-state index is 12.1. The smallest absolute Gasteiger partial charge is 0.225 e. The van der Waals surface area contributed by atoms with E-state index in [9.17, 15) is 9.90 Å². The van der Waals surface area contributed by atoms with Crippen LogP contribution in [0.4, 0.5) is 0 Å². The molecular weight excluding hydrogens is 202 g/mol. The minimum absolute atomic E-state index is 0.0644. The van der Waals surface area contributed by atoms with Crippen LogP contribution in [0.15, 0.2) is 0 Å². The van der Waals surface area contributed by atoms with Crippen LogP contribution in [0, 0.1) is 5.92 Å². The Morgan fingerprint density at radius 1 is 1.31 bits per heavy atom. The minimum atomic E-state index is -0.314. The van der Waals surface area contributed by atoms with Crippen LogP contribution in [0.3, 0.4) is 0 Å². The highest BCUT2D eigenvalue weighted by atomic mass is 16.3. The van der Waals surface area contributed by atoms with Crippen molar-refractivity contribution in [3.8, 4) is 0 Å². The van der Waals surface area contributed by atoms with Crippen molar-refractivity contribution in [3.63, 3.8) is 0 Å². The molecule has 0 aliphatic carbocycles. The molecule has 0 bridgehead atoms. The normalized spacial score (nSPS) is 24.3. The molecule has 0 aromatic heterocycles. The van der Waals surface area contributed by atoms with Gasteiger partial charge in [-0.15, -0.1) is 0 Å². The van der Waals surface area contributed by atoms with Crippen LogP contribution in [-0.2, 0) is 4.79 Å². The summed E-state index contributed by atoms with van der Waals surface area (Å²) in [5.74, 6) is 0.308. The molecule has 1 N–H and O–H groups in total. The van der Waals surface area contributed by atoms with Gasteiger partial charge in [0.25, 0.3) is 0 Å². The van der Waals surface area contributed by atoms with Crippen molar-refractivity contribution < 1.29 is 9.90 Å². The second kappa shape index (κ2) is 6.24. The minimum Gasteiger partial charge on any atom is -0.393 e. The summed E-state index contributed by atoms with van der Waals surface area (Å²) in [5, 5.41) is 9.50. The maximum Gasteiger partial charge on any atom is 0.225 e. The first-order valence-electron chi connectivity index (χ1n) is 6.51. The summed E-state index contributed by atoms with van der Waals surface area (Å²) in [6.45, 7) is 6.58. The average Bonchev–Trinajstić information content (AvgIpc) is 2.41. The van der Waals surface area contributed by atoms with E-state index in [1.165, 1.54) is 12.8 Å². The Bertz CT molecular complexity index is 226. The summed E-state index contributed by atoms with van der Waals surface area (Å²) in [6, 6.07) is 0.248. The number of amides is 1. The molecule has 0 aromatic carbocycles. The van der Waals surface area contributed by atoms with Crippen molar-refractivity contribution in [3.05, 3.63) is 0 Å². The Kier molecular flexibility index (Phi) is 5.26. The van der Waals surface area contributed by atoms with Crippen molar-refractivity contribution in [1.82, 2.24) is 4.90 Å². The van der Waals surface area contributed by atoms with Crippen LogP contribution in [0.1, 0.15) is 52.9 Å². The molecule has 1 rings (SSSR count). The topological polar surface area (TPSA) is 40.5 Å². The van der Waals surface area contributed by atoms with Crippen LogP contribution in [-0.4, -0.2) is 34.6 Å². The largest absolute Gasteiger partial charge is 0.393 e. The zero-order valence-electron chi connectivity index (χ0n) is 10.8. The Labute approximate surface area is 98.8 Å². The van der Waals surface area contributed by atoms with Gasteiger partial charge in [0.1, 0.15) is 0 Å². The monoisotopic (exact) mass is 227 g/mol. The standard InChI is InChI=1S/C13H25NO2/c1-10(2)13(16)14-8-6-4-5-7-12(14)9-11(3)15/h10-12,15H,4-9H2,1-3H3. The molecule has 2 unspecified atom stereocenters. The van der Waals surface area contributed by atoms with Gasteiger partial charge in [0.15, 0.2) is 0 Å². The summed E-state index contributed by atoms with van der Waals surface area (Å²) in [5.41, 5.74) is 0. The first-order chi connectivity index (χ1) is 7.52. The van der Waals surface area contributed by atoms with E-state index in [4.69, 9.17) is 0 Å². The van der Waals surface area contributed by atoms with E-state index in [1.807, 2.05) is 25.7 Å². The summed E-state index contributed by atoms with van der Waals surface area (Å²) in [4.78, 5) is 14.1. The molecule has 1 fully saturated rings. The fourth-order valence-corrected chi connectivity index (χ4v) is 2.44. The Balaban J connectivity index is 2.69. The van der Waals surface area contributed by atoms with Gasteiger partial charge < -0.3 is 10.0 Å². The van der Waals surface area contributed by atoms with E-state index in [0.29, 0.717) is 0 Å². The molecule has 0 saturated carbocycles. The van der Waals surface area contributed by atoms with Crippen molar-refractivity contribution >= 4 is 5.91 Å². The van der Waals surface area contributed by atoms with Gasteiger partial charge in [-0.25, -0.2) is 0 Å². The molecule has 1 aliphatic heterocycles. The number of carbonyl (C=O) groups is 1. The van der Waals surface area contributed by atoms with E-state index < -0.39 is 0 Å². The molecule has 1 heterocycles. The Morgan fingerprint density at radius 3 is 2.56 bits per heavy atom. The van der Waals surface area contributed by atoms with Crippen molar-refractivity contribution in [2.45, 2.75) is 65.0 Å². The molecule has 3 nitrogen and oxygen atoms in total. The zero-order valence-corrected chi connectivity index (χ0v) is 10.8. The maximum atomic E-state index is 12.1. The fraction of sp³-hybridized carbons (Fsp3) is 0.923. The van der Waals surface area contributed by atoms with Gasteiger partial charge >= 0.3 is 0 Å². The highest BCUT2D eigenvalue weighted by molar-refractivity contribution is 5.78. The predicted octanol–water partition coefficient (Wildman–Crippen LogP) is 2.18. The van der Waals surface area contributed by atoms with Gasteiger partial charge in [-0.2, -0.15) is 0 Å². The predicted molar refractivity (Wildman–Crippen MR) is 65.1 cm³/mol. The van der Waals surface area contributed by atoms with Crippen LogP contribution in [0.25, 0.3) is 0 Å². The second-order valence-corrected chi connectivity index (χ2v) is 5.27. The molecule has 1 saturated heterocycles. The Morgan fingerprint density at radius 2 is 2.00 bits per heavy atom. The van der Waals surface area contributed by atoms with E-state index in [1.54, 1.807) is 0 Å². The lowest BCUT2D eigenvalue weighted by Crippen LogP contribution is -2.43. The second-order valence-electron chi connectivity index (χ2n) is 5.27. The van der Waals surface area contributed by atoms with Gasteiger partial charge in [0.2, 0.25) is 5.91 Å². The number of likely N-dealkylation sites (tertiary alicyclic amines) is 1. The lowest BCUT2D eigenvalue weighted by molar-refractivity contribution is -0.137. The first-order valence-corrected chi connectivity index (χ1v) is 6.51. The summed E-state index contributed by atoms with van der Waals surface area (Å²) in [6.07, 6.45) is 4.94. The number of hydrogen-bond acceptors (Lipinski definition) is 2. The third kappa shape index (κ3) is 3.78. The summed E-state index contributed by atoms with van der Waals surface area (Å²) >= 11 is 0. The molecule has 0 aromatic rings. The van der Waals surface area contributed by atoms with Gasteiger partial charge in [-0.05, 0) is 26.2 Å². The fourth-order valence-electron chi connectivity index (χ4n) is 2.44. The van der Waals surface area contributed by atoms with Gasteiger partial charge in [0.05, 0.1) is 6.10 Å². The zero-order chi connectivity index (χ0) is 12.1. The van der Waals surface area contributed by atoms with Crippen LogP contribution in [0.5, 0.6) is 0 Å². The summed E-state index contributed by atoms with van der Waals surface area (Å²) < 4.78 is 0. The molecule has 1 aliphatic rings. The first kappa shape index (κ1) is 13.5. The molecular formula is C13H25NO2. The molecule has 0 radical (unpaired) electrons. The molecule has 2 atom stereocenters. The summed E-state index contributed by atoms with van der Waals surface area (Å²) in [7, 11) is 0. The van der Waals surface area contributed by atoms with Gasteiger partial charge in [0, 0.05) is 18.5 Å². The highest BCUT2D eigenvalue weighted by Gasteiger charge is 2.27. The molecule has 1 amide bonds. The Hall–Kier alpha value is -0.570.